The lowest BCUT2D eigenvalue weighted by Crippen LogP contribution is -2.15. The molecule has 0 spiro atoms. The Morgan fingerprint density at radius 1 is 1.36 bits per heavy atom. The third kappa shape index (κ3) is 2.13. The van der Waals surface area contributed by atoms with E-state index in [-0.39, 0.29) is 6.04 Å². The Bertz CT molecular complexity index is 325. The first-order valence-electron chi connectivity index (χ1n) is 5.15. The van der Waals surface area contributed by atoms with Crippen molar-refractivity contribution in [2.24, 2.45) is 16.6 Å². The molecule has 1 aromatic rings. The van der Waals surface area contributed by atoms with E-state index in [1.165, 1.54) is 18.4 Å². The SMILES string of the molecule is CC(N=C(N)C1CC1)c1ccccc1. The normalized spacial score (nSPS) is 19.4. The van der Waals surface area contributed by atoms with Crippen molar-refractivity contribution in [1.82, 2.24) is 0 Å². The van der Waals surface area contributed by atoms with Crippen molar-refractivity contribution in [2.45, 2.75) is 25.8 Å². The molecule has 2 heteroatoms. The molecule has 74 valence electrons. The Labute approximate surface area is 84.9 Å². The van der Waals surface area contributed by atoms with Gasteiger partial charge in [0.05, 0.1) is 11.9 Å². The molecule has 1 unspecified atom stereocenters. The number of rotatable bonds is 3. The van der Waals surface area contributed by atoms with Crippen molar-refractivity contribution in [3.63, 3.8) is 0 Å². The molecule has 0 bridgehead atoms. The van der Waals surface area contributed by atoms with Crippen molar-refractivity contribution < 1.29 is 0 Å². The molecule has 2 N–H and O–H groups in total. The number of nitrogens with zero attached hydrogens (tertiary/aromatic N) is 1. The Hall–Kier alpha value is -1.31. The van der Waals surface area contributed by atoms with Crippen molar-refractivity contribution in [2.75, 3.05) is 0 Å². The molecule has 1 atom stereocenters. The molecule has 1 aliphatic rings. The fourth-order valence-electron chi connectivity index (χ4n) is 1.51. The van der Waals surface area contributed by atoms with E-state index in [0.717, 1.165) is 5.84 Å². The van der Waals surface area contributed by atoms with Crippen LogP contribution in [0.25, 0.3) is 0 Å². The highest BCUT2D eigenvalue weighted by molar-refractivity contribution is 5.85. The van der Waals surface area contributed by atoms with Crippen LogP contribution in [0.1, 0.15) is 31.4 Å². The minimum Gasteiger partial charge on any atom is -0.387 e. The second-order valence-electron chi connectivity index (χ2n) is 3.91. The molecule has 1 saturated carbocycles. The monoisotopic (exact) mass is 188 g/mol. The standard InChI is InChI=1S/C12H16N2/c1-9(10-5-3-2-4-6-10)14-12(13)11-7-8-11/h2-6,9,11H,7-8H2,1H3,(H2,13,14). The summed E-state index contributed by atoms with van der Waals surface area (Å²) in [5, 5.41) is 0. The summed E-state index contributed by atoms with van der Waals surface area (Å²) in [6.45, 7) is 2.09. The van der Waals surface area contributed by atoms with Crippen LogP contribution < -0.4 is 5.73 Å². The Kier molecular flexibility index (Phi) is 2.53. The second-order valence-corrected chi connectivity index (χ2v) is 3.91. The van der Waals surface area contributed by atoms with Crippen LogP contribution in [-0.2, 0) is 0 Å². The maximum absolute atomic E-state index is 5.87. The molecule has 1 fully saturated rings. The molecule has 1 aromatic carbocycles. The highest BCUT2D eigenvalue weighted by atomic mass is 14.9. The highest BCUT2D eigenvalue weighted by Gasteiger charge is 2.25. The maximum Gasteiger partial charge on any atom is 0.0975 e. The first-order valence-corrected chi connectivity index (χ1v) is 5.15. The molecule has 0 amide bonds. The molecule has 14 heavy (non-hydrogen) atoms. The van der Waals surface area contributed by atoms with E-state index < -0.39 is 0 Å². The predicted molar refractivity (Wildman–Crippen MR) is 59.2 cm³/mol. The molecule has 2 rings (SSSR count). The first kappa shape index (κ1) is 9.25. The van der Waals surface area contributed by atoms with Gasteiger partial charge in [-0.2, -0.15) is 0 Å². The number of nitrogens with two attached hydrogens (primary N) is 1. The molecule has 0 saturated heterocycles. The molecule has 1 aliphatic carbocycles. The fourth-order valence-corrected chi connectivity index (χ4v) is 1.51. The highest BCUT2D eigenvalue weighted by Crippen LogP contribution is 2.30. The van der Waals surface area contributed by atoms with Crippen molar-refractivity contribution >= 4 is 5.84 Å². The Balaban J connectivity index is 2.08. The van der Waals surface area contributed by atoms with Crippen LogP contribution in [0.15, 0.2) is 35.3 Å². The maximum atomic E-state index is 5.87. The summed E-state index contributed by atoms with van der Waals surface area (Å²) >= 11 is 0. The zero-order valence-electron chi connectivity index (χ0n) is 8.48. The number of hydrogen-bond acceptors (Lipinski definition) is 1. The summed E-state index contributed by atoms with van der Waals surface area (Å²) in [4.78, 5) is 4.50. The molecular weight excluding hydrogens is 172 g/mol. The van der Waals surface area contributed by atoms with Gasteiger partial charge in [0, 0.05) is 5.92 Å². The minimum atomic E-state index is 0.191. The van der Waals surface area contributed by atoms with Crippen molar-refractivity contribution in [3.05, 3.63) is 35.9 Å². The smallest absolute Gasteiger partial charge is 0.0975 e. The zero-order valence-corrected chi connectivity index (χ0v) is 8.48. The summed E-state index contributed by atoms with van der Waals surface area (Å²) in [6, 6.07) is 10.5. The van der Waals surface area contributed by atoms with Gasteiger partial charge in [-0.15, -0.1) is 0 Å². The largest absolute Gasteiger partial charge is 0.387 e. The quantitative estimate of drug-likeness (QED) is 0.574. The summed E-state index contributed by atoms with van der Waals surface area (Å²) in [7, 11) is 0. The lowest BCUT2D eigenvalue weighted by atomic mass is 10.1. The summed E-state index contributed by atoms with van der Waals surface area (Å²) in [5.74, 6) is 1.41. The van der Waals surface area contributed by atoms with Crippen LogP contribution >= 0.6 is 0 Å². The van der Waals surface area contributed by atoms with E-state index in [2.05, 4.69) is 24.0 Å². The van der Waals surface area contributed by atoms with E-state index in [1.807, 2.05) is 18.2 Å². The van der Waals surface area contributed by atoms with Gasteiger partial charge < -0.3 is 5.73 Å². The van der Waals surface area contributed by atoms with Crippen LogP contribution in [0.5, 0.6) is 0 Å². The average Bonchev–Trinajstić information content (AvgIpc) is 3.02. The van der Waals surface area contributed by atoms with Gasteiger partial charge in [-0.05, 0) is 25.3 Å². The molecular formula is C12H16N2. The van der Waals surface area contributed by atoms with Gasteiger partial charge in [0.25, 0.3) is 0 Å². The van der Waals surface area contributed by atoms with E-state index in [9.17, 15) is 0 Å². The first-order chi connectivity index (χ1) is 6.77. The lowest BCUT2D eigenvalue weighted by molar-refractivity contribution is 0.808. The zero-order chi connectivity index (χ0) is 9.97. The molecule has 0 heterocycles. The number of amidine groups is 1. The van der Waals surface area contributed by atoms with Gasteiger partial charge in [-0.25, -0.2) is 0 Å². The van der Waals surface area contributed by atoms with Crippen molar-refractivity contribution in [1.29, 1.82) is 0 Å². The van der Waals surface area contributed by atoms with Gasteiger partial charge in [-0.3, -0.25) is 4.99 Å². The van der Waals surface area contributed by atoms with E-state index in [1.54, 1.807) is 0 Å². The van der Waals surface area contributed by atoms with Gasteiger partial charge in [0.1, 0.15) is 0 Å². The van der Waals surface area contributed by atoms with Crippen LogP contribution in [0, 0.1) is 5.92 Å². The third-order valence-corrected chi connectivity index (χ3v) is 2.62. The van der Waals surface area contributed by atoms with Gasteiger partial charge >= 0.3 is 0 Å². The molecule has 2 nitrogen and oxygen atoms in total. The summed E-state index contributed by atoms with van der Waals surface area (Å²) in [5.41, 5.74) is 7.10. The minimum absolute atomic E-state index is 0.191. The summed E-state index contributed by atoms with van der Waals surface area (Å²) < 4.78 is 0. The molecule has 0 aromatic heterocycles. The fraction of sp³-hybridized carbons (Fsp3) is 0.417. The van der Waals surface area contributed by atoms with Gasteiger partial charge in [-0.1, -0.05) is 30.3 Å². The van der Waals surface area contributed by atoms with E-state index >= 15 is 0 Å². The average molecular weight is 188 g/mol. The second kappa shape index (κ2) is 3.82. The van der Waals surface area contributed by atoms with Crippen LogP contribution in [-0.4, -0.2) is 5.84 Å². The number of benzene rings is 1. The summed E-state index contributed by atoms with van der Waals surface area (Å²) in [6.07, 6.45) is 2.44. The number of hydrogen-bond donors (Lipinski definition) is 1. The van der Waals surface area contributed by atoms with Gasteiger partial charge in [0.2, 0.25) is 0 Å². The Morgan fingerprint density at radius 3 is 2.57 bits per heavy atom. The van der Waals surface area contributed by atoms with Crippen LogP contribution in [0.4, 0.5) is 0 Å². The predicted octanol–water partition coefficient (Wildman–Crippen LogP) is 2.51. The topological polar surface area (TPSA) is 38.4 Å². The number of aliphatic imine (C=N–C) groups is 1. The Morgan fingerprint density at radius 2 is 2.00 bits per heavy atom. The van der Waals surface area contributed by atoms with Crippen LogP contribution in [0.3, 0.4) is 0 Å². The molecule has 0 aliphatic heterocycles. The lowest BCUT2D eigenvalue weighted by Gasteiger charge is -2.07. The van der Waals surface area contributed by atoms with E-state index in [0.29, 0.717) is 5.92 Å². The molecule has 0 radical (unpaired) electrons. The van der Waals surface area contributed by atoms with Crippen molar-refractivity contribution in [3.8, 4) is 0 Å². The van der Waals surface area contributed by atoms with E-state index in [4.69, 9.17) is 5.73 Å². The third-order valence-electron chi connectivity index (χ3n) is 2.62. The van der Waals surface area contributed by atoms with Gasteiger partial charge in [0.15, 0.2) is 0 Å². The van der Waals surface area contributed by atoms with Crippen LogP contribution in [0.2, 0.25) is 0 Å².